The van der Waals surface area contributed by atoms with Gasteiger partial charge in [0.15, 0.2) is 13.6 Å². The van der Waals surface area contributed by atoms with Crippen LogP contribution in [0.3, 0.4) is 0 Å². The molecule has 0 aromatic heterocycles. The summed E-state index contributed by atoms with van der Waals surface area (Å²) < 4.78 is 36.7. The first-order valence-electron chi connectivity index (χ1n) is 21.9. The molecule has 64 heavy (non-hydrogen) atoms. The molecule has 6 aromatic carbocycles. The molecule has 0 radical (unpaired) electrons. The summed E-state index contributed by atoms with van der Waals surface area (Å²) in [6.45, 7) is 13.0. The van der Waals surface area contributed by atoms with E-state index in [1.807, 2.05) is 54.6 Å². The molecule has 6 rings (SSSR count). The van der Waals surface area contributed by atoms with E-state index in [4.69, 9.17) is 38.6 Å². The minimum absolute atomic E-state index is 0.0444. The van der Waals surface area contributed by atoms with E-state index in [9.17, 15) is 0 Å². The van der Waals surface area contributed by atoms with E-state index in [0.717, 1.165) is 104 Å². The van der Waals surface area contributed by atoms with Crippen LogP contribution in [0.25, 0.3) is 44.5 Å². The first-order chi connectivity index (χ1) is 31.3. The van der Waals surface area contributed by atoms with Crippen molar-refractivity contribution in [2.75, 3.05) is 54.2 Å². The average molecular weight is 865 g/mol. The van der Waals surface area contributed by atoms with Crippen LogP contribution in [0, 0.1) is 25.7 Å². The molecule has 0 aliphatic heterocycles. The lowest BCUT2D eigenvalue weighted by Crippen LogP contribution is -2.20. The molecule has 0 aliphatic rings. The normalized spacial score (nSPS) is 10.9. The number of benzene rings is 6. The highest BCUT2D eigenvalue weighted by molar-refractivity contribution is 5.86. The Balaban J connectivity index is 0.000000772. The predicted octanol–water partition coefficient (Wildman–Crippen LogP) is 12.5. The van der Waals surface area contributed by atoms with Crippen LogP contribution in [-0.4, -0.2) is 64.4 Å². The standard InChI is InChI=1S/C49H50O6.C7H14O2/c1-6-7-16-37(31-52-46-27-25-35(2)29-44(46)42-23-14-21-40(48(42)54-33-50-4)38-17-10-8-11-18-38)32-53-47-28-26-36(3)30-45(47)43-24-15-22-41(49(43)55-34-51-5)39-19-12-9-13-20-39;1-2-3-4-7(5-8)6-9/h6,8-15,17-30,37H,1,7,16,31-34H2,2-5H3;2,7-9H,1,3-6H2. The largest absolute Gasteiger partial charge is 0.493 e. The van der Waals surface area contributed by atoms with Crippen molar-refractivity contribution in [1.82, 2.24) is 0 Å². The Morgan fingerprint density at radius 2 is 0.875 bits per heavy atom. The van der Waals surface area contributed by atoms with Gasteiger partial charge in [-0.3, -0.25) is 0 Å². The van der Waals surface area contributed by atoms with Gasteiger partial charge in [-0.05, 0) is 74.9 Å². The van der Waals surface area contributed by atoms with Crippen LogP contribution in [0.1, 0.15) is 36.8 Å². The number of methoxy groups -OCH3 is 2. The predicted molar refractivity (Wildman–Crippen MR) is 260 cm³/mol. The van der Waals surface area contributed by atoms with Crippen molar-refractivity contribution in [3.63, 3.8) is 0 Å². The second-order valence-electron chi connectivity index (χ2n) is 15.6. The summed E-state index contributed by atoms with van der Waals surface area (Å²) in [5, 5.41) is 17.1. The van der Waals surface area contributed by atoms with E-state index in [0.29, 0.717) is 13.2 Å². The van der Waals surface area contributed by atoms with Crippen LogP contribution in [0.5, 0.6) is 23.0 Å². The quantitative estimate of drug-likeness (QED) is 0.0459. The average Bonchev–Trinajstić information content (AvgIpc) is 3.34. The summed E-state index contributed by atoms with van der Waals surface area (Å²) in [5.74, 6) is 3.15. The number of ether oxygens (including phenoxy) is 6. The molecular weight excluding hydrogens is 801 g/mol. The minimum Gasteiger partial charge on any atom is -0.493 e. The summed E-state index contributed by atoms with van der Waals surface area (Å²) in [7, 11) is 3.26. The topological polar surface area (TPSA) is 95.8 Å². The Hall–Kier alpha value is -6.16. The van der Waals surface area contributed by atoms with Crippen molar-refractivity contribution < 1.29 is 38.6 Å². The van der Waals surface area contributed by atoms with Crippen LogP contribution in [0.4, 0.5) is 0 Å². The molecule has 0 fully saturated rings. The highest BCUT2D eigenvalue weighted by atomic mass is 16.7. The van der Waals surface area contributed by atoms with Gasteiger partial charge in [0.25, 0.3) is 0 Å². The molecule has 2 N–H and O–H groups in total. The molecule has 0 spiro atoms. The number of aryl methyl sites for hydroxylation is 2. The lowest BCUT2D eigenvalue weighted by atomic mass is 9.95. The molecule has 0 saturated heterocycles. The van der Waals surface area contributed by atoms with Crippen molar-refractivity contribution in [3.05, 3.63) is 170 Å². The van der Waals surface area contributed by atoms with E-state index in [1.165, 1.54) is 0 Å². The lowest BCUT2D eigenvalue weighted by Gasteiger charge is -2.23. The Bertz CT molecular complexity index is 2170. The van der Waals surface area contributed by atoms with Gasteiger partial charge in [0.05, 0.1) is 13.2 Å². The first-order valence-corrected chi connectivity index (χ1v) is 21.9. The smallest absolute Gasteiger partial charge is 0.188 e. The second kappa shape index (κ2) is 26.5. The van der Waals surface area contributed by atoms with E-state index >= 15 is 0 Å². The molecule has 336 valence electrons. The van der Waals surface area contributed by atoms with Gasteiger partial charge in [0, 0.05) is 72.6 Å². The maximum absolute atomic E-state index is 8.56. The molecule has 0 heterocycles. The first kappa shape index (κ1) is 48.9. The summed E-state index contributed by atoms with van der Waals surface area (Å²) in [5.41, 5.74) is 10.1. The Labute approximate surface area is 380 Å². The number of aliphatic hydroxyl groups excluding tert-OH is 2. The number of allylic oxidation sites excluding steroid dienone is 2. The van der Waals surface area contributed by atoms with Gasteiger partial charge in [-0.1, -0.05) is 132 Å². The molecule has 6 aromatic rings. The number of hydrogen-bond donors (Lipinski definition) is 2. The van der Waals surface area contributed by atoms with Crippen LogP contribution >= 0.6 is 0 Å². The highest BCUT2D eigenvalue weighted by Crippen LogP contribution is 2.45. The number of para-hydroxylation sites is 2. The summed E-state index contributed by atoms with van der Waals surface area (Å²) in [6.07, 6.45) is 7.12. The molecule has 0 unspecified atom stereocenters. The second-order valence-corrected chi connectivity index (χ2v) is 15.6. The molecule has 0 bridgehead atoms. The van der Waals surface area contributed by atoms with Crippen LogP contribution in [0.15, 0.2) is 159 Å². The third kappa shape index (κ3) is 13.9. The minimum atomic E-state index is 0.0444. The summed E-state index contributed by atoms with van der Waals surface area (Å²) >= 11 is 0. The van der Waals surface area contributed by atoms with Crippen molar-refractivity contribution in [3.8, 4) is 67.5 Å². The van der Waals surface area contributed by atoms with Crippen molar-refractivity contribution in [2.24, 2.45) is 11.8 Å². The van der Waals surface area contributed by atoms with Gasteiger partial charge >= 0.3 is 0 Å². The molecule has 0 amide bonds. The third-order valence-electron chi connectivity index (χ3n) is 10.7. The van der Waals surface area contributed by atoms with Crippen LogP contribution in [-0.2, 0) is 9.47 Å². The zero-order valence-corrected chi connectivity index (χ0v) is 37.8. The summed E-state index contributed by atoms with van der Waals surface area (Å²) in [4.78, 5) is 0. The highest BCUT2D eigenvalue weighted by Gasteiger charge is 2.21. The SMILES string of the molecule is C=CCCC(CO)CO.C=CCCC(COc1ccc(C)cc1-c1cccc(-c2ccccc2)c1OCOC)COc1ccc(C)cc1-c1cccc(-c2ccccc2)c1OCOC. The van der Waals surface area contributed by atoms with E-state index < -0.39 is 0 Å². The van der Waals surface area contributed by atoms with Crippen molar-refractivity contribution in [2.45, 2.75) is 39.5 Å². The van der Waals surface area contributed by atoms with Gasteiger partial charge in [-0.25, -0.2) is 0 Å². The van der Waals surface area contributed by atoms with E-state index in [1.54, 1.807) is 20.3 Å². The van der Waals surface area contributed by atoms with E-state index in [-0.39, 0.29) is 38.6 Å². The molecule has 0 saturated carbocycles. The summed E-state index contributed by atoms with van der Waals surface area (Å²) in [6, 6.07) is 45.5. The van der Waals surface area contributed by atoms with Crippen molar-refractivity contribution in [1.29, 1.82) is 0 Å². The fourth-order valence-electron chi connectivity index (χ4n) is 7.27. The van der Waals surface area contributed by atoms with Gasteiger partial charge in [-0.15, -0.1) is 13.2 Å². The maximum atomic E-state index is 8.56. The number of rotatable bonds is 24. The monoisotopic (exact) mass is 864 g/mol. The van der Waals surface area contributed by atoms with Crippen LogP contribution < -0.4 is 18.9 Å². The Morgan fingerprint density at radius 3 is 1.27 bits per heavy atom. The molecule has 8 nitrogen and oxygen atoms in total. The molecule has 8 heteroatoms. The van der Waals surface area contributed by atoms with Gasteiger partial charge in [0.1, 0.15) is 23.0 Å². The fraction of sp³-hybridized carbons (Fsp3) is 0.286. The van der Waals surface area contributed by atoms with Gasteiger partial charge in [-0.2, -0.15) is 0 Å². The maximum Gasteiger partial charge on any atom is 0.188 e. The lowest BCUT2D eigenvalue weighted by molar-refractivity contribution is 0.0518. The van der Waals surface area contributed by atoms with E-state index in [2.05, 4.69) is 112 Å². The molecular formula is C56H64O8. The zero-order valence-electron chi connectivity index (χ0n) is 37.8. The molecule has 0 aliphatic carbocycles. The Morgan fingerprint density at radius 1 is 0.469 bits per heavy atom. The fourth-order valence-corrected chi connectivity index (χ4v) is 7.27. The Kier molecular flexibility index (Phi) is 20.2. The number of aliphatic hydroxyl groups is 2. The van der Waals surface area contributed by atoms with Crippen LogP contribution in [0.2, 0.25) is 0 Å². The zero-order chi connectivity index (χ0) is 45.5. The molecule has 0 atom stereocenters. The van der Waals surface area contributed by atoms with Crippen molar-refractivity contribution >= 4 is 0 Å². The third-order valence-corrected chi connectivity index (χ3v) is 10.7. The van der Waals surface area contributed by atoms with Gasteiger partial charge in [0.2, 0.25) is 0 Å². The number of hydrogen-bond acceptors (Lipinski definition) is 8. The van der Waals surface area contributed by atoms with Gasteiger partial charge < -0.3 is 38.6 Å².